The zero-order valence-corrected chi connectivity index (χ0v) is 15.5. The number of sulfonamides is 1. The van der Waals surface area contributed by atoms with Crippen LogP contribution in [-0.4, -0.2) is 63.9 Å². The van der Waals surface area contributed by atoms with Crippen molar-refractivity contribution in [1.29, 1.82) is 0 Å². The Hall–Kier alpha value is -1.87. The Bertz CT molecular complexity index is 680. The summed E-state index contributed by atoms with van der Waals surface area (Å²) in [5.41, 5.74) is 0.932. The van der Waals surface area contributed by atoms with Crippen LogP contribution in [0.3, 0.4) is 0 Å². The summed E-state index contributed by atoms with van der Waals surface area (Å²) in [6.07, 6.45) is 3.91. The number of nitrogens with zero attached hydrogens (tertiary/aromatic N) is 2. The zero-order valence-electron chi connectivity index (χ0n) is 14.7. The van der Waals surface area contributed by atoms with Gasteiger partial charge in [0.2, 0.25) is 15.9 Å². The van der Waals surface area contributed by atoms with Crippen molar-refractivity contribution in [1.82, 2.24) is 19.9 Å². The lowest BCUT2D eigenvalue weighted by atomic mass is 10.0. The van der Waals surface area contributed by atoms with Crippen LogP contribution in [0.1, 0.15) is 18.4 Å². The van der Waals surface area contributed by atoms with Crippen LogP contribution < -0.4 is 14.8 Å². The molecule has 1 aromatic rings. The van der Waals surface area contributed by atoms with Gasteiger partial charge in [0.15, 0.2) is 0 Å². The Morgan fingerprint density at radius 2 is 2.28 bits per heavy atom. The summed E-state index contributed by atoms with van der Waals surface area (Å²) in [4.78, 5) is 18.1. The molecular weight excluding hydrogens is 344 g/mol. The minimum atomic E-state index is -3.26. The lowest BCUT2D eigenvalue weighted by Gasteiger charge is -2.32. The topological polar surface area (TPSA) is 101 Å². The summed E-state index contributed by atoms with van der Waals surface area (Å²) in [5, 5.41) is 2.89. The van der Waals surface area contributed by atoms with Crippen LogP contribution in [0, 0.1) is 5.92 Å². The normalized spacial score (nSPS) is 18.0. The second-order valence-corrected chi connectivity index (χ2v) is 8.06. The van der Waals surface area contributed by atoms with Gasteiger partial charge in [0.05, 0.1) is 12.9 Å². The van der Waals surface area contributed by atoms with Crippen molar-refractivity contribution < 1.29 is 17.9 Å². The number of rotatable bonds is 7. The number of piperidine rings is 1. The Kier molecular flexibility index (Phi) is 7.01. The van der Waals surface area contributed by atoms with Crippen LogP contribution in [0.2, 0.25) is 0 Å². The Morgan fingerprint density at radius 3 is 3.00 bits per heavy atom. The number of hydrogen-bond donors (Lipinski definition) is 2. The Morgan fingerprint density at radius 1 is 1.48 bits per heavy atom. The van der Waals surface area contributed by atoms with Crippen molar-refractivity contribution >= 4 is 16.1 Å². The van der Waals surface area contributed by atoms with Crippen LogP contribution in [0.25, 0.3) is 0 Å². The minimum absolute atomic E-state index is 0.0321. The SMILES string of the molecule is CNS(=O)(=O)CC1CCCN(C(=O)NCCc2cccnc2OC)C1. The van der Waals surface area contributed by atoms with Gasteiger partial charge in [-0.15, -0.1) is 0 Å². The van der Waals surface area contributed by atoms with E-state index in [0.29, 0.717) is 31.9 Å². The van der Waals surface area contributed by atoms with E-state index < -0.39 is 10.0 Å². The maximum Gasteiger partial charge on any atom is 0.317 e. The number of carbonyl (C=O) groups is 1. The number of pyridine rings is 1. The van der Waals surface area contributed by atoms with Gasteiger partial charge in [0.25, 0.3) is 0 Å². The molecule has 1 atom stereocenters. The number of aromatic nitrogens is 1. The van der Waals surface area contributed by atoms with E-state index in [2.05, 4.69) is 15.0 Å². The first-order valence-corrected chi connectivity index (χ1v) is 10.0. The third-order valence-electron chi connectivity index (χ3n) is 4.29. The fourth-order valence-corrected chi connectivity index (χ4v) is 4.05. The number of carbonyl (C=O) groups excluding carboxylic acids is 1. The summed E-state index contributed by atoms with van der Waals surface area (Å²) in [6, 6.07) is 3.59. The molecule has 0 saturated carbocycles. The van der Waals surface area contributed by atoms with Crippen LogP contribution in [0.5, 0.6) is 5.88 Å². The summed E-state index contributed by atoms with van der Waals surface area (Å²) < 4.78 is 30.9. The van der Waals surface area contributed by atoms with E-state index in [1.807, 2.05) is 12.1 Å². The summed E-state index contributed by atoms with van der Waals surface area (Å²) in [6.45, 7) is 1.58. The molecule has 2 amide bonds. The zero-order chi connectivity index (χ0) is 18.3. The summed E-state index contributed by atoms with van der Waals surface area (Å²) >= 11 is 0. The van der Waals surface area contributed by atoms with Gasteiger partial charge >= 0.3 is 6.03 Å². The van der Waals surface area contributed by atoms with Gasteiger partial charge < -0.3 is 15.0 Å². The molecule has 1 aromatic heterocycles. The third kappa shape index (κ3) is 5.86. The smallest absolute Gasteiger partial charge is 0.317 e. The number of ether oxygens (including phenoxy) is 1. The van der Waals surface area contributed by atoms with E-state index in [9.17, 15) is 13.2 Å². The monoisotopic (exact) mass is 370 g/mol. The highest BCUT2D eigenvalue weighted by Crippen LogP contribution is 2.18. The van der Waals surface area contributed by atoms with Gasteiger partial charge in [-0.25, -0.2) is 22.9 Å². The number of methoxy groups -OCH3 is 1. The van der Waals surface area contributed by atoms with Gasteiger partial charge in [-0.3, -0.25) is 0 Å². The fraction of sp³-hybridized carbons (Fsp3) is 0.625. The second kappa shape index (κ2) is 9.00. The van der Waals surface area contributed by atoms with Gasteiger partial charge in [0.1, 0.15) is 0 Å². The van der Waals surface area contributed by atoms with Gasteiger partial charge in [-0.2, -0.15) is 0 Å². The standard InChI is InChI=1S/C16H26N4O4S/c1-17-25(22,23)12-13-5-4-10-20(11-13)16(21)19-9-7-14-6-3-8-18-15(14)24-2/h3,6,8,13,17H,4-5,7,9-12H2,1-2H3,(H,19,21). The van der Waals surface area contributed by atoms with Crippen molar-refractivity contribution in [2.75, 3.05) is 39.5 Å². The minimum Gasteiger partial charge on any atom is -0.481 e. The molecule has 0 aliphatic carbocycles. The predicted molar refractivity (Wildman–Crippen MR) is 95.0 cm³/mol. The Labute approximate surface area is 149 Å². The van der Waals surface area contributed by atoms with Crippen LogP contribution in [-0.2, 0) is 16.4 Å². The first-order valence-electron chi connectivity index (χ1n) is 8.37. The predicted octanol–water partition coefficient (Wildman–Crippen LogP) is 0.604. The molecular formula is C16H26N4O4S. The molecule has 2 heterocycles. The highest BCUT2D eigenvalue weighted by atomic mass is 32.2. The molecule has 2 N–H and O–H groups in total. The van der Waals surface area contributed by atoms with Crippen molar-refractivity contribution in [3.63, 3.8) is 0 Å². The van der Waals surface area contributed by atoms with Crippen molar-refractivity contribution in [2.24, 2.45) is 5.92 Å². The maximum absolute atomic E-state index is 12.3. The van der Waals surface area contributed by atoms with E-state index >= 15 is 0 Å². The molecule has 1 saturated heterocycles. The number of nitrogens with one attached hydrogen (secondary N) is 2. The maximum atomic E-state index is 12.3. The number of amides is 2. The molecule has 0 spiro atoms. The van der Waals surface area contributed by atoms with Crippen LogP contribution in [0.15, 0.2) is 18.3 Å². The van der Waals surface area contributed by atoms with Crippen molar-refractivity contribution in [3.05, 3.63) is 23.9 Å². The lowest BCUT2D eigenvalue weighted by molar-refractivity contribution is 0.170. The van der Waals surface area contributed by atoms with Crippen LogP contribution >= 0.6 is 0 Å². The molecule has 8 nitrogen and oxygen atoms in total. The highest BCUT2D eigenvalue weighted by Gasteiger charge is 2.26. The van der Waals surface area contributed by atoms with Gasteiger partial charge in [-0.1, -0.05) is 6.07 Å². The van der Waals surface area contributed by atoms with Gasteiger partial charge in [-0.05, 0) is 38.3 Å². The molecule has 9 heteroatoms. The molecule has 1 aliphatic heterocycles. The molecule has 2 rings (SSSR count). The van der Waals surface area contributed by atoms with Gasteiger partial charge in [0, 0.05) is 31.4 Å². The summed E-state index contributed by atoms with van der Waals surface area (Å²) in [5.74, 6) is 0.586. The lowest BCUT2D eigenvalue weighted by Crippen LogP contribution is -2.47. The molecule has 1 aliphatic rings. The Balaban J connectivity index is 1.82. The van der Waals surface area contributed by atoms with E-state index in [-0.39, 0.29) is 17.7 Å². The average Bonchev–Trinajstić information content (AvgIpc) is 2.62. The molecule has 0 bridgehead atoms. The van der Waals surface area contributed by atoms with E-state index in [1.165, 1.54) is 7.05 Å². The molecule has 1 fully saturated rings. The number of hydrogen-bond acceptors (Lipinski definition) is 5. The molecule has 0 aromatic carbocycles. The first-order chi connectivity index (χ1) is 11.9. The quantitative estimate of drug-likeness (QED) is 0.732. The van der Waals surface area contributed by atoms with Crippen LogP contribution in [0.4, 0.5) is 4.79 Å². The fourth-order valence-electron chi connectivity index (χ4n) is 2.99. The molecule has 1 unspecified atom stereocenters. The average molecular weight is 370 g/mol. The number of likely N-dealkylation sites (tertiary alicyclic amines) is 1. The number of urea groups is 1. The van der Waals surface area contributed by atoms with E-state index in [0.717, 1.165) is 18.4 Å². The summed E-state index contributed by atoms with van der Waals surface area (Å²) in [7, 11) is -0.279. The molecule has 0 radical (unpaired) electrons. The molecule has 25 heavy (non-hydrogen) atoms. The van der Waals surface area contributed by atoms with Crippen molar-refractivity contribution in [2.45, 2.75) is 19.3 Å². The molecule has 140 valence electrons. The third-order valence-corrected chi connectivity index (χ3v) is 5.82. The first kappa shape index (κ1) is 19.5. The second-order valence-electron chi connectivity index (χ2n) is 6.09. The van der Waals surface area contributed by atoms with Crippen molar-refractivity contribution in [3.8, 4) is 5.88 Å². The van der Waals surface area contributed by atoms with E-state index in [4.69, 9.17) is 4.74 Å². The highest BCUT2D eigenvalue weighted by molar-refractivity contribution is 7.89. The van der Waals surface area contributed by atoms with E-state index in [1.54, 1.807) is 18.2 Å². The largest absolute Gasteiger partial charge is 0.481 e.